The van der Waals surface area contributed by atoms with E-state index in [9.17, 15) is 27.9 Å². The third-order valence-corrected chi connectivity index (χ3v) is 6.28. The standard InChI is InChI=1S/C30H31F3N6O4/c1-18-9-11-19(12-10-18)27-35-37-38(36-27)17-25(41)39(22-8-6-7-21(16-22)30(31,32)33)26(28(42)34-29(2,3)4)20-13-14-23(40)24(15-20)43-5/h6-16,26,40H,17H2,1-5H3,(H,34,42). The summed E-state index contributed by atoms with van der Waals surface area (Å²) in [7, 11) is 1.31. The number of amides is 2. The number of alkyl halides is 3. The number of aromatic hydroxyl groups is 1. The Kier molecular flexibility index (Phi) is 8.74. The summed E-state index contributed by atoms with van der Waals surface area (Å²) in [6, 6.07) is 13.9. The normalized spacial score (nSPS) is 12.5. The van der Waals surface area contributed by atoms with Crippen LogP contribution in [-0.2, 0) is 22.3 Å². The molecule has 4 aromatic rings. The fraction of sp³-hybridized carbons (Fsp3) is 0.300. The SMILES string of the molecule is COc1cc(C(C(=O)NC(C)(C)C)N(C(=O)Cn2nnc(-c3ccc(C)cc3)n2)c2cccc(C(F)(F)F)c2)ccc1O. The molecule has 1 aromatic heterocycles. The summed E-state index contributed by atoms with van der Waals surface area (Å²) in [4.78, 5) is 29.8. The molecule has 1 heterocycles. The maximum atomic E-state index is 14.0. The van der Waals surface area contributed by atoms with Crippen LogP contribution in [0.25, 0.3) is 11.4 Å². The summed E-state index contributed by atoms with van der Waals surface area (Å²) < 4.78 is 46.5. The molecule has 1 unspecified atom stereocenters. The molecule has 2 amide bonds. The number of phenols is 1. The molecule has 0 aliphatic heterocycles. The first kappa shape index (κ1) is 31.0. The Morgan fingerprint density at radius 1 is 1.05 bits per heavy atom. The van der Waals surface area contributed by atoms with Crippen molar-refractivity contribution in [3.63, 3.8) is 0 Å². The molecule has 226 valence electrons. The summed E-state index contributed by atoms with van der Waals surface area (Å²) >= 11 is 0. The largest absolute Gasteiger partial charge is 0.504 e. The van der Waals surface area contributed by atoms with Crippen LogP contribution in [0.1, 0.15) is 43.5 Å². The van der Waals surface area contributed by atoms with E-state index in [1.165, 1.54) is 31.4 Å². The molecule has 3 aromatic carbocycles. The van der Waals surface area contributed by atoms with E-state index in [-0.39, 0.29) is 28.6 Å². The lowest BCUT2D eigenvalue weighted by Crippen LogP contribution is -2.50. The minimum atomic E-state index is -4.72. The number of aryl methyl sites for hydroxylation is 1. The van der Waals surface area contributed by atoms with E-state index in [0.29, 0.717) is 5.56 Å². The minimum Gasteiger partial charge on any atom is -0.504 e. The van der Waals surface area contributed by atoms with E-state index in [1.807, 2.05) is 19.1 Å². The molecule has 13 heteroatoms. The number of methoxy groups -OCH3 is 1. The number of hydrogen-bond donors (Lipinski definition) is 2. The fourth-order valence-electron chi connectivity index (χ4n) is 4.31. The molecule has 0 radical (unpaired) electrons. The molecule has 0 saturated heterocycles. The van der Waals surface area contributed by atoms with Gasteiger partial charge in [-0.2, -0.15) is 18.0 Å². The fourth-order valence-corrected chi connectivity index (χ4v) is 4.31. The number of carbonyl (C=O) groups excluding carboxylic acids is 2. The molecule has 0 bridgehead atoms. The molecule has 0 spiro atoms. The van der Waals surface area contributed by atoms with Gasteiger partial charge in [-0.25, -0.2) is 0 Å². The van der Waals surface area contributed by atoms with Crippen LogP contribution in [0.15, 0.2) is 66.7 Å². The summed E-state index contributed by atoms with van der Waals surface area (Å²) in [6.45, 7) is 6.54. The lowest BCUT2D eigenvalue weighted by Gasteiger charge is -2.34. The highest BCUT2D eigenvalue weighted by Gasteiger charge is 2.37. The number of aromatic nitrogens is 4. The Bertz CT molecular complexity index is 1610. The molecule has 43 heavy (non-hydrogen) atoms. The lowest BCUT2D eigenvalue weighted by molar-refractivity contribution is -0.137. The van der Waals surface area contributed by atoms with Crippen molar-refractivity contribution in [2.24, 2.45) is 0 Å². The summed E-state index contributed by atoms with van der Waals surface area (Å²) in [5.41, 5.74) is -0.128. The predicted octanol–water partition coefficient (Wildman–Crippen LogP) is 5.07. The van der Waals surface area contributed by atoms with Crippen molar-refractivity contribution in [2.75, 3.05) is 12.0 Å². The van der Waals surface area contributed by atoms with Crippen molar-refractivity contribution in [3.8, 4) is 22.9 Å². The first-order valence-electron chi connectivity index (χ1n) is 13.2. The van der Waals surface area contributed by atoms with E-state index in [1.54, 1.807) is 32.9 Å². The number of halogens is 3. The Labute approximate surface area is 246 Å². The number of anilines is 1. The van der Waals surface area contributed by atoms with Crippen LogP contribution in [-0.4, -0.2) is 49.8 Å². The first-order chi connectivity index (χ1) is 20.2. The van der Waals surface area contributed by atoms with Crippen molar-refractivity contribution < 1.29 is 32.6 Å². The van der Waals surface area contributed by atoms with Gasteiger partial charge in [0.1, 0.15) is 12.6 Å². The number of benzene rings is 3. The highest BCUT2D eigenvalue weighted by molar-refractivity contribution is 6.01. The lowest BCUT2D eigenvalue weighted by atomic mass is 9.99. The van der Waals surface area contributed by atoms with Gasteiger partial charge in [-0.1, -0.05) is 42.0 Å². The quantitative estimate of drug-likeness (QED) is 0.291. The number of nitrogens with one attached hydrogen (secondary N) is 1. The van der Waals surface area contributed by atoms with E-state index in [2.05, 4.69) is 20.7 Å². The molecule has 2 N–H and O–H groups in total. The highest BCUT2D eigenvalue weighted by atomic mass is 19.4. The van der Waals surface area contributed by atoms with Crippen LogP contribution < -0.4 is 15.0 Å². The van der Waals surface area contributed by atoms with Crippen LogP contribution in [0, 0.1) is 6.92 Å². The Morgan fingerprint density at radius 2 is 1.74 bits per heavy atom. The van der Waals surface area contributed by atoms with Gasteiger partial charge < -0.3 is 15.2 Å². The zero-order chi connectivity index (χ0) is 31.5. The molecule has 0 aliphatic carbocycles. The van der Waals surface area contributed by atoms with E-state index in [4.69, 9.17) is 4.74 Å². The number of tetrazole rings is 1. The average molecular weight is 597 g/mol. The second kappa shape index (κ2) is 12.1. The zero-order valence-electron chi connectivity index (χ0n) is 24.2. The van der Waals surface area contributed by atoms with Crippen molar-refractivity contribution in [1.29, 1.82) is 0 Å². The molecule has 0 aliphatic rings. The molecule has 0 fully saturated rings. The maximum absolute atomic E-state index is 14.0. The van der Waals surface area contributed by atoms with Gasteiger partial charge in [-0.05, 0) is 68.8 Å². The smallest absolute Gasteiger partial charge is 0.416 e. The van der Waals surface area contributed by atoms with Crippen molar-refractivity contribution in [2.45, 2.75) is 52.0 Å². The Hall–Kier alpha value is -4.94. The van der Waals surface area contributed by atoms with Gasteiger partial charge in [-0.3, -0.25) is 14.5 Å². The molecule has 0 saturated carbocycles. The summed E-state index contributed by atoms with van der Waals surface area (Å²) in [5, 5.41) is 25.2. The third-order valence-electron chi connectivity index (χ3n) is 6.28. The third kappa shape index (κ3) is 7.48. The van der Waals surface area contributed by atoms with Crippen molar-refractivity contribution >= 4 is 17.5 Å². The minimum absolute atomic E-state index is 0.00295. The molecule has 4 rings (SSSR count). The topological polar surface area (TPSA) is 122 Å². The van der Waals surface area contributed by atoms with E-state index in [0.717, 1.165) is 33.5 Å². The molecule has 1 atom stereocenters. The number of phenolic OH excluding ortho intramolecular Hbond substituents is 1. The van der Waals surface area contributed by atoms with Crippen molar-refractivity contribution in [3.05, 3.63) is 83.4 Å². The van der Waals surface area contributed by atoms with Crippen LogP contribution in [0.3, 0.4) is 0 Å². The van der Waals surface area contributed by atoms with Crippen LogP contribution in [0.4, 0.5) is 18.9 Å². The van der Waals surface area contributed by atoms with Gasteiger partial charge in [0.15, 0.2) is 11.5 Å². The Morgan fingerprint density at radius 3 is 2.37 bits per heavy atom. The highest BCUT2D eigenvalue weighted by Crippen LogP contribution is 2.37. The van der Waals surface area contributed by atoms with Gasteiger partial charge in [-0.15, -0.1) is 10.2 Å². The van der Waals surface area contributed by atoms with Crippen LogP contribution >= 0.6 is 0 Å². The van der Waals surface area contributed by atoms with E-state index >= 15 is 0 Å². The summed E-state index contributed by atoms with van der Waals surface area (Å²) in [5.74, 6) is -1.47. The average Bonchev–Trinajstić information content (AvgIpc) is 3.39. The van der Waals surface area contributed by atoms with Gasteiger partial charge in [0.25, 0.3) is 5.91 Å². The zero-order valence-corrected chi connectivity index (χ0v) is 24.2. The first-order valence-corrected chi connectivity index (χ1v) is 13.2. The van der Waals surface area contributed by atoms with Gasteiger partial charge in [0.05, 0.1) is 12.7 Å². The maximum Gasteiger partial charge on any atom is 0.416 e. The Balaban J connectivity index is 1.84. The van der Waals surface area contributed by atoms with E-state index < -0.39 is 41.7 Å². The number of hydrogen-bond acceptors (Lipinski definition) is 7. The second-order valence-corrected chi connectivity index (χ2v) is 10.9. The number of ether oxygens (including phenoxy) is 1. The van der Waals surface area contributed by atoms with Crippen molar-refractivity contribution in [1.82, 2.24) is 25.5 Å². The molecule has 10 nitrogen and oxygen atoms in total. The predicted molar refractivity (Wildman–Crippen MR) is 152 cm³/mol. The van der Waals surface area contributed by atoms with Crippen LogP contribution in [0.2, 0.25) is 0 Å². The monoisotopic (exact) mass is 596 g/mol. The second-order valence-electron chi connectivity index (χ2n) is 10.9. The van der Waals surface area contributed by atoms with Gasteiger partial charge in [0.2, 0.25) is 11.7 Å². The summed E-state index contributed by atoms with van der Waals surface area (Å²) in [6.07, 6.45) is -4.72. The number of carbonyl (C=O) groups is 2. The van der Waals surface area contributed by atoms with Gasteiger partial charge >= 0.3 is 6.18 Å². The van der Waals surface area contributed by atoms with Gasteiger partial charge in [0, 0.05) is 16.8 Å². The molecular formula is C30H31F3N6O4. The van der Waals surface area contributed by atoms with Crippen LogP contribution in [0.5, 0.6) is 11.5 Å². The molecular weight excluding hydrogens is 565 g/mol. The number of nitrogens with zero attached hydrogens (tertiary/aromatic N) is 5. The number of rotatable bonds is 8.